The third kappa shape index (κ3) is 6.95. The molecule has 2 amide bonds. The van der Waals surface area contributed by atoms with Gasteiger partial charge in [0.2, 0.25) is 0 Å². The number of nitrogens with one attached hydrogen (secondary N) is 1. The molecular weight excluding hydrogens is 661 g/mol. The zero-order chi connectivity index (χ0) is 32.4. The standard InChI is InChI=1S/C34H30N2O6S4/c1-34(2,3)42-33(40)35-26-30(38)36-27(32(39)41-28(20-10-6-4-7-11-20)21-12-8-5-9-13-21)22(19-45-31(26)36)14-16-43-25-18-23(37)29-24(46-25)15-17-44-29/h4-18,26,28,31H,19H2,1-3H3,(H,35,40)/b16-14+. The molecule has 1 fully saturated rings. The number of β-lactam (4-membered cyclic amide) rings is 1. The largest absolute Gasteiger partial charge is 0.448 e. The molecule has 0 saturated carbocycles. The molecule has 2 aliphatic heterocycles. The zero-order valence-electron chi connectivity index (χ0n) is 25.1. The second-order valence-electron chi connectivity index (χ2n) is 11.5. The van der Waals surface area contributed by atoms with Crippen LogP contribution in [0.25, 0.3) is 9.40 Å². The van der Waals surface area contributed by atoms with E-state index in [4.69, 9.17) is 9.47 Å². The molecule has 8 nitrogen and oxygen atoms in total. The van der Waals surface area contributed by atoms with Gasteiger partial charge in [0.05, 0.1) is 13.6 Å². The van der Waals surface area contributed by atoms with Gasteiger partial charge in [-0.25, -0.2) is 9.59 Å². The van der Waals surface area contributed by atoms with Gasteiger partial charge >= 0.3 is 12.1 Å². The van der Waals surface area contributed by atoms with Crippen molar-refractivity contribution in [3.63, 3.8) is 0 Å². The number of amides is 2. The average Bonchev–Trinajstić information content (AvgIpc) is 3.51. The quantitative estimate of drug-likeness (QED) is 0.117. The van der Waals surface area contributed by atoms with Gasteiger partial charge in [0.15, 0.2) is 11.5 Å². The molecule has 2 atom stereocenters. The van der Waals surface area contributed by atoms with Gasteiger partial charge in [-0.1, -0.05) is 72.4 Å². The van der Waals surface area contributed by atoms with Crippen LogP contribution in [0.15, 0.2) is 110 Å². The van der Waals surface area contributed by atoms with E-state index in [0.29, 0.717) is 11.3 Å². The molecule has 12 heteroatoms. The third-order valence-corrected chi connectivity index (χ3v) is 11.5. The Labute approximate surface area is 282 Å². The second-order valence-corrected chi connectivity index (χ2v) is 15.8. The number of alkyl carbamates (subject to hydrolysis) is 1. The highest BCUT2D eigenvalue weighted by Gasteiger charge is 2.54. The van der Waals surface area contributed by atoms with Crippen molar-refractivity contribution in [2.24, 2.45) is 0 Å². The maximum absolute atomic E-state index is 14.1. The molecule has 2 aromatic heterocycles. The van der Waals surface area contributed by atoms with Gasteiger partial charge in [0.25, 0.3) is 5.91 Å². The first-order chi connectivity index (χ1) is 22.1. The van der Waals surface area contributed by atoms with E-state index in [-0.39, 0.29) is 11.1 Å². The van der Waals surface area contributed by atoms with Crippen molar-refractivity contribution in [3.8, 4) is 0 Å². The minimum atomic E-state index is -0.851. The van der Waals surface area contributed by atoms with Crippen molar-refractivity contribution in [2.45, 2.75) is 48.1 Å². The second kappa shape index (κ2) is 13.5. The first kappa shape index (κ1) is 32.1. The van der Waals surface area contributed by atoms with Gasteiger partial charge < -0.3 is 14.8 Å². The summed E-state index contributed by atoms with van der Waals surface area (Å²) in [6, 6.07) is 21.6. The van der Waals surface area contributed by atoms with Gasteiger partial charge in [-0.05, 0) is 60.4 Å². The summed E-state index contributed by atoms with van der Waals surface area (Å²) in [6.07, 6.45) is 0.384. The number of carbonyl (C=O) groups excluding carboxylic acids is 3. The van der Waals surface area contributed by atoms with E-state index < -0.39 is 41.1 Å². The van der Waals surface area contributed by atoms with Crippen LogP contribution in [0.1, 0.15) is 38.0 Å². The number of carbonyl (C=O) groups is 3. The van der Waals surface area contributed by atoms with E-state index >= 15 is 0 Å². The topological polar surface area (TPSA) is 102 Å². The molecule has 2 aromatic carbocycles. The lowest BCUT2D eigenvalue weighted by atomic mass is 10.0. The van der Waals surface area contributed by atoms with E-state index in [2.05, 4.69) is 5.32 Å². The smallest absolute Gasteiger partial charge is 0.408 e. The molecule has 1 N–H and O–H groups in total. The maximum Gasteiger partial charge on any atom is 0.408 e. The summed E-state index contributed by atoms with van der Waals surface area (Å²) in [4.78, 5) is 54.2. The Morgan fingerprint density at radius 2 is 1.70 bits per heavy atom. The van der Waals surface area contributed by atoms with Crippen LogP contribution in [-0.4, -0.2) is 45.6 Å². The molecule has 4 aromatic rings. The van der Waals surface area contributed by atoms with Crippen LogP contribution in [-0.2, 0) is 19.1 Å². The highest BCUT2D eigenvalue weighted by atomic mass is 32.2. The summed E-state index contributed by atoms with van der Waals surface area (Å²) >= 11 is 5.76. The average molecular weight is 691 g/mol. The van der Waals surface area contributed by atoms with Gasteiger partial charge in [0, 0.05) is 11.8 Å². The molecule has 6 rings (SSSR count). The number of benzene rings is 2. The molecular formula is C34H30N2O6S4. The molecule has 2 unspecified atom stereocenters. The van der Waals surface area contributed by atoms with E-state index in [0.717, 1.165) is 24.7 Å². The predicted octanol–water partition coefficient (Wildman–Crippen LogP) is 7.32. The number of nitrogens with zero attached hydrogens (tertiary/aromatic N) is 1. The van der Waals surface area contributed by atoms with Crippen molar-refractivity contribution in [2.75, 3.05) is 5.75 Å². The number of allylic oxidation sites excluding steroid dienone is 1. The van der Waals surface area contributed by atoms with Crippen LogP contribution < -0.4 is 10.7 Å². The number of rotatable bonds is 8. The number of thioether (sulfide) groups is 2. The van der Waals surface area contributed by atoms with Crippen LogP contribution in [0.3, 0.4) is 0 Å². The molecule has 46 heavy (non-hydrogen) atoms. The SMILES string of the molecule is CC(C)(C)OC(=O)NC1C(=O)N2C(C(=O)OC(c3ccccc3)c3ccccc3)=C(/C=C/Sc3cc(=O)c4sccc4s3)CSC12. The number of esters is 1. The van der Waals surface area contributed by atoms with Crippen LogP contribution in [0.5, 0.6) is 0 Å². The molecule has 0 radical (unpaired) electrons. The first-order valence-electron chi connectivity index (χ1n) is 14.4. The summed E-state index contributed by atoms with van der Waals surface area (Å²) < 4.78 is 14.1. The number of fused-ring (bicyclic) bond motifs is 2. The monoisotopic (exact) mass is 690 g/mol. The number of ether oxygens (including phenoxy) is 2. The molecule has 2 aliphatic rings. The minimum absolute atomic E-state index is 0.0261. The number of hydrogen-bond donors (Lipinski definition) is 1. The lowest BCUT2D eigenvalue weighted by molar-refractivity contribution is -0.153. The van der Waals surface area contributed by atoms with Crippen molar-refractivity contribution < 1.29 is 23.9 Å². The summed E-state index contributed by atoms with van der Waals surface area (Å²) in [7, 11) is 0. The van der Waals surface area contributed by atoms with Crippen molar-refractivity contribution >= 4 is 73.6 Å². The van der Waals surface area contributed by atoms with Crippen LogP contribution in [0, 0.1) is 0 Å². The fourth-order valence-electron chi connectivity index (χ4n) is 5.05. The van der Waals surface area contributed by atoms with Crippen LogP contribution in [0.2, 0.25) is 0 Å². The Morgan fingerprint density at radius 3 is 2.35 bits per heavy atom. The van der Waals surface area contributed by atoms with Crippen molar-refractivity contribution in [1.29, 1.82) is 0 Å². The number of hydrogen-bond acceptors (Lipinski definition) is 10. The molecule has 236 valence electrons. The van der Waals surface area contributed by atoms with E-state index in [1.165, 1.54) is 51.1 Å². The highest BCUT2D eigenvalue weighted by molar-refractivity contribution is 8.04. The van der Waals surface area contributed by atoms with Crippen molar-refractivity contribution in [1.82, 2.24) is 10.2 Å². The number of thiophene rings is 1. The van der Waals surface area contributed by atoms with Gasteiger partial charge in [-0.15, -0.1) is 34.4 Å². The minimum Gasteiger partial charge on any atom is -0.448 e. The molecule has 0 spiro atoms. The maximum atomic E-state index is 14.1. The molecule has 0 aliphatic carbocycles. The Morgan fingerprint density at radius 1 is 1.02 bits per heavy atom. The normalized spacial score (nSPS) is 18.1. The highest BCUT2D eigenvalue weighted by Crippen LogP contribution is 2.42. The Hall–Kier alpha value is -3.84. The van der Waals surface area contributed by atoms with E-state index in [1.807, 2.05) is 77.5 Å². The van der Waals surface area contributed by atoms with Gasteiger partial charge in [0.1, 0.15) is 22.7 Å². The van der Waals surface area contributed by atoms with Crippen LogP contribution >= 0.6 is 46.2 Å². The van der Waals surface area contributed by atoms with E-state index in [9.17, 15) is 19.2 Å². The predicted molar refractivity (Wildman–Crippen MR) is 185 cm³/mol. The fourth-order valence-corrected chi connectivity index (χ4v) is 9.31. The summed E-state index contributed by atoms with van der Waals surface area (Å²) in [5.41, 5.74) is 1.55. The van der Waals surface area contributed by atoms with Gasteiger partial charge in [-0.2, -0.15) is 0 Å². The first-order valence-corrected chi connectivity index (χ1v) is 18.0. The molecule has 1 saturated heterocycles. The zero-order valence-corrected chi connectivity index (χ0v) is 28.4. The summed E-state index contributed by atoms with van der Waals surface area (Å²) in [5.74, 6) is -0.685. The summed E-state index contributed by atoms with van der Waals surface area (Å²) in [6.45, 7) is 5.24. The third-order valence-electron chi connectivity index (χ3n) is 7.06. The summed E-state index contributed by atoms with van der Waals surface area (Å²) in [5, 5.41) is 5.88. The Balaban J connectivity index is 1.31. The molecule has 4 heterocycles. The van der Waals surface area contributed by atoms with E-state index in [1.54, 1.807) is 32.9 Å². The van der Waals surface area contributed by atoms with Crippen LogP contribution in [0.4, 0.5) is 4.79 Å². The fraction of sp³-hybridized carbons (Fsp3) is 0.235. The molecule has 0 bridgehead atoms. The lowest BCUT2D eigenvalue weighted by Gasteiger charge is -2.49. The Kier molecular flexibility index (Phi) is 9.42. The lowest BCUT2D eigenvalue weighted by Crippen LogP contribution is -2.70. The van der Waals surface area contributed by atoms with Crippen molar-refractivity contribution in [3.05, 3.63) is 122 Å². The van der Waals surface area contributed by atoms with Gasteiger partial charge in [-0.3, -0.25) is 14.5 Å². The Bertz CT molecular complexity index is 1860.